The molecule has 0 spiro atoms. The van der Waals surface area contributed by atoms with Crippen molar-refractivity contribution in [2.75, 3.05) is 26.3 Å². The van der Waals surface area contributed by atoms with E-state index in [1.807, 2.05) is 0 Å². The van der Waals surface area contributed by atoms with Crippen LogP contribution in [0.3, 0.4) is 0 Å². The predicted molar refractivity (Wildman–Crippen MR) is 124 cm³/mol. The van der Waals surface area contributed by atoms with E-state index >= 15 is 0 Å². The molecule has 2 aromatic rings. The van der Waals surface area contributed by atoms with Gasteiger partial charge in [-0.1, -0.05) is 18.5 Å². The molecule has 2 atom stereocenters. The summed E-state index contributed by atoms with van der Waals surface area (Å²) in [6.45, 7) is 2.27. The molecule has 0 radical (unpaired) electrons. The Kier molecular flexibility index (Phi) is 8.89. The van der Waals surface area contributed by atoms with Crippen molar-refractivity contribution >= 4 is 27.5 Å². The predicted octanol–water partition coefficient (Wildman–Crippen LogP) is 5.00. The number of piperidine rings is 1. The summed E-state index contributed by atoms with van der Waals surface area (Å²) in [5, 5.41) is 7.91. The van der Waals surface area contributed by atoms with Crippen LogP contribution in [0.25, 0.3) is 0 Å². The second-order valence-electron chi connectivity index (χ2n) is 8.58. The summed E-state index contributed by atoms with van der Waals surface area (Å²) in [6, 6.07) is 8.06. The molecule has 0 unspecified atom stereocenters. The van der Waals surface area contributed by atoms with Crippen molar-refractivity contribution in [3.63, 3.8) is 0 Å². The summed E-state index contributed by atoms with van der Waals surface area (Å²) in [4.78, 5) is 14.0. The van der Waals surface area contributed by atoms with Gasteiger partial charge in [-0.2, -0.15) is 0 Å². The van der Waals surface area contributed by atoms with Gasteiger partial charge in [0.1, 0.15) is 11.6 Å². The number of amides is 1. The monoisotopic (exact) mass is 515 g/mol. The van der Waals surface area contributed by atoms with Crippen molar-refractivity contribution in [3.8, 4) is 0 Å². The van der Waals surface area contributed by atoms with Crippen LogP contribution in [0.5, 0.6) is 0 Å². The van der Waals surface area contributed by atoms with Gasteiger partial charge >= 0.3 is 6.09 Å². The van der Waals surface area contributed by atoms with E-state index < -0.39 is 38.7 Å². The fourth-order valence-electron chi connectivity index (χ4n) is 4.25. The number of sulfone groups is 1. The molecule has 1 fully saturated rings. The number of benzene rings is 2. The van der Waals surface area contributed by atoms with Crippen LogP contribution in [-0.4, -0.2) is 50.8 Å². The second-order valence-corrected chi connectivity index (χ2v) is 11.1. The average Bonchev–Trinajstić information content (AvgIpc) is 2.81. The smallest absolute Gasteiger partial charge is 0.409 e. The third-order valence-electron chi connectivity index (χ3n) is 6.14. The number of aliphatic hydroxyl groups is 1. The summed E-state index contributed by atoms with van der Waals surface area (Å²) in [5.41, 5.74) is -0.330. The Morgan fingerprint density at radius 2 is 1.82 bits per heavy atom. The van der Waals surface area contributed by atoms with E-state index in [-0.39, 0.29) is 23.7 Å². The first-order chi connectivity index (χ1) is 16.1. The number of ether oxygens (including phenoxy) is 1. The van der Waals surface area contributed by atoms with Crippen molar-refractivity contribution in [1.82, 2.24) is 4.90 Å². The highest BCUT2D eigenvalue weighted by molar-refractivity contribution is 7.91. The van der Waals surface area contributed by atoms with Crippen molar-refractivity contribution in [2.45, 2.75) is 36.3 Å². The number of likely N-dealkylation sites (tertiary alicyclic amines) is 1. The third-order valence-corrected chi connectivity index (χ3v) is 8.71. The molecule has 0 aliphatic carbocycles. The van der Waals surface area contributed by atoms with Gasteiger partial charge in [0.25, 0.3) is 0 Å². The highest BCUT2D eigenvalue weighted by Gasteiger charge is 2.37. The van der Waals surface area contributed by atoms with E-state index in [4.69, 9.17) is 21.4 Å². The van der Waals surface area contributed by atoms with Crippen LogP contribution in [0.4, 0.5) is 13.6 Å². The molecule has 186 valence electrons. The number of aliphatic hydroxyl groups excluding tert-OH is 1. The van der Waals surface area contributed by atoms with Gasteiger partial charge in [0.05, 0.1) is 16.8 Å². The van der Waals surface area contributed by atoms with Crippen molar-refractivity contribution in [1.29, 1.82) is 0 Å². The average molecular weight is 516 g/mol. The molecule has 0 saturated carbocycles. The summed E-state index contributed by atoms with van der Waals surface area (Å²) >= 11 is 5.87. The molecule has 1 heterocycles. The van der Waals surface area contributed by atoms with E-state index in [2.05, 4.69) is 0 Å². The highest BCUT2D eigenvalue weighted by Crippen LogP contribution is 2.37. The zero-order valence-corrected chi connectivity index (χ0v) is 20.4. The topological polar surface area (TPSA) is 83.9 Å². The lowest BCUT2D eigenvalue weighted by molar-refractivity contribution is 0.0739. The van der Waals surface area contributed by atoms with Crippen molar-refractivity contribution in [3.05, 3.63) is 64.7 Å². The third kappa shape index (κ3) is 6.25. The van der Waals surface area contributed by atoms with Crippen LogP contribution in [0, 0.1) is 23.5 Å². The maximum Gasteiger partial charge on any atom is 0.409 e. The molecule has 3 rings (SSSR count). The Labute approximate surface area is 203 Å². The zero-order chi connectivity index (χ0) is 24.9. The number of nitrogens with zero attached hydrogens (tertiary/aromatic N) is 1. The van der Waals surface area contributed by atoms with E-state index in [1.165, 1.54) is 36.1 Å². The van der Waals surface area contributed by atoms with E-state index in [9.17, 15) is 22.0 Å². The molecule has 34 heavy (non-hydrogen) atoms. The van der Waals surface area contributed by atoms with Crippen LogP contribution in [0.15, 0.2) is 47.4 Å². The van der Waals surface area contributed by atoms with Crippen molar-refractivity contribution in [2.24, 2.45) is 11.8 Å². The number of rotatable bonds is 8. The molecule has 1 aliphatic heterocycles. The largest absolute Gasteiger partial charge is 0.449 e. The first-order valence-electron chi connectivity index (χ1n) is 11.1. The summed E-state index contributed by atoms with van der Waals surface area (Å²) < 4.78 is 61.0. The molecule has 1 N–H and O–H groups in total. The first-order valence-corrected chi connectivity index (χ1v) is 13.0. The molecular weight excluding hydrogens is 488 g/mol. The SMILES string of the molecule is C[C@H](COC(=O)N1CCC(CCO)CC1)[C@@H](c1cc(F)ccc1F)S(=O)(=O)c1ccc(Cl)cc1. The minimum Gasteiger partial charge on any atom is -0.449 e. The Morgan fingerprint density at radius 3 is 2.44 bits per heavy atom. The normalized spacial score (nSPS) is 16.8. The lowest BCUT2D eigenvalue weighted by Crippen LogP contribution is -2.39. The zero-order valence-electron chi connectivity index (χ0n) is 18.8. The minimum absolute atomic E-state index is 0.102. The Morgan fingerprint density at radius 1 is 1.18 bits per heavy atom. The Bertz CT molecular complexity index is 1090. The Hall–Kier alpha value is -2.23. The number of carbonyl (C=O) groups excluding carboxylic acids is 1. The molecular formula is C24H28ClF2NO5S. The van der Waals surface area contributed by atoms with Crippen LogP contribution in [0.1, 0.15) is 37.0 Å². The second kappa shape index (κ2) is 11.5. The quantitative estimate of drug-likeness (QED) is 0.535. The van der Waals surface area contributed by atoms with Crippen LogP contribution < -0.4 is 0 Å². The molecule has 0 aromatic heterocycles. The van der Waals surface area contributed by atoms with Gasteiger partial charge in [0, 0.05) is 36.2 Å². The maximum atomic E-state index is 14.7. The van der Waals surface area contributed by atoms with Crippen LogP contribution in [-0.2, 0) is 14.6 Å². The number of halogens is 3. The van der Waals surface area contributed by atoms with E-state index in [0.29, 0.717) is 30.5 Å². The van der Waals surface area contributed by atoms with Gasteiger partial charge in [-0.3, -0.25) is 0 Å². The molecule has 1 amide bonds. The highest BCUT2D eigenvalue weighted by atomic mass is 35.5. The molecule has 2 aromatic carbocycles. The molecule has 0 bridgehead atoms. The van der Waals surface area contributed by atoms with E-state index in [0.717, 1.165) is 31.0 Å². The lowest BCUT2D eigenvalue weighted by atomic mass is 9.94. The Balaban J connectivity index is 1.80. The van der Waals surface area contributed by atoms with Gasteiger partial charge < -0.3 is 14.7 Å². The summed E-state index contributed by atoms with van der Waals surface area (Å²) in [6.07, 6.45) is 1.58. The summed E-state index contributed by atoms with van der Waals surface area (Å²) in [7, 11) is -4.19. The number of hydrogen-bond donors (Lipinski definition) is 1. The molecule has 1 aliphatic rings. The van der Waals surface area contributed by atoms with Gasteiger partial charge in [0.2, 0.25) is 0 Å². The van der Waals surface area contributed by atoms with Gasteiger partial charge in [-0.15, -0.1) is 0 Å². The fourth-order valence-corrected chi connectivity index (χ4v) is 6.39. The van der Waals surface area contributed by atoms with Crippen LogP contribution >= 0.6 is 11.6 Å². The summed E-state index contributed by atoms with van der Waals surface area (Å²) in [5.74, 6) is -2.18. The standard InChI is InChI=1S/C24H28ClF2NO5S/c1-16(15-33-24(30)28-11-8-17(9-12-28)10-13-29)23(21-14-19(26)4-7-22(21)27)34(31,32)20-5-2-18(25)3-6-20/h2-7,14,16-17,23,29H,8-13,15H2,1H3/t16-,23+/m1/s1. The van der Waals surface area contributed by atoms with Crippen LogP contribution in [0.2, 0.25) is 5.02 Å². The fraction of sp³-hybridized carbons (Fsp3) is 0.458. The first kappa shape index (κ1) is 26.4. The minimum atomic E-state index is -4.19. The van der Waals surface area contributed by atoms with Gasteiger partial charge in [-0.05, 0) is 67.6 Å². The number of hydrogen-bond acceptors (Lipinski definition) is 5. The molecule has 6 nitrogen and oxygen atoms in total. The number of carbonyl (C=O) groups is 1. The van der Waals surface area contributed by atoms with Gasteiger partial charge in [-0.25, -0.2) is 22.0 Å². The molecule has 10 heteroatoms. The van der Waals surface area contributed by atoms with Crippen molar-refractivity contribution < 1.29 is 31.8 Å². The van der Waals surface area contributed by atoms with Gasteiger partial charge in [0.15, 0.2) is 9.84 Å². The maximum absolute atomic E-state index is 14.7. The lowest BCUT2D eigenvalue weighted by Gasteiger charge is -2.32. The molecule has 1 saturated heterocycles. The van der Waals surface area contributed by atoms with E-state index in [1.54, 1.807) is 0 Å².